The molecule has 0 bridgehead atoms. The van der Waals surface area contributed by atoms with Gasteiger partial charge >= 0.3 is 5.82 Å². The highest BCUT2D eigenvalue weighted by atomic mass is 16.6. The number of nitro groups is 1. The van der Waals surface area contributed by atoms with Gasteiger partial charge in [0.05, 0.1) is 5.69 Å². The van der Waals surface area contributed by atoms with Crippen molar-refractivity contribution < 1.29 is 4.92 Å². The largest absolute Gasteiger partial charge is 0.406 e. The Balaban J connectivity index is 2.18. The van der Waals surface area contributed by atoms with Gasteiger partial charge in [0.2, 0.25) is 12.1 Å². The van der Waals surface area contributed by atoms with Crippen molar-refractivity contribution in [2.24, 2.45) is 14.1 Å². The van der Waals surface area contributed by atoms with Crippen LogP contribution < -0.4 is 5.32 Å². The fraction of sp³-hybridized carbons (Fsp3) is 0.400. The van der Waals surface area contributed by atoms with Crippen molar-refractivity contribution >= 4 is 11.6 Å². The molecule has 0 saturated heterocycles. The lowest BCUT2D eigenvalue weighted by atomic mass is 10.2. The minimum Gasteiger partial charge on any atom is -0.360 e. The van der Waals surface area contributed by atoms with Crippen molar-refractivity contribution in [3.05, 3.63) is 33.9 Å². The fourth-order valence-electron chi connectivity index (χ4n) is 1.76. The average Bonchev–Trinajstić information content (AvgIpc) is 2.79. The molecule has 0 spiro atoms. The molecule has 0 aliphatic carbocycles. The van der Waals surface area contributed by atoms with E-state index in [4.69, 9.17) is 0 Å². The lowest BCUT2D eigenvalue weighted by molar-refractivity contribution is -0.388. The van der Waals surface area contributed by atoms with E-state index in [0.29, 0.717) is 12.4 Å². The van der Waals surface area contributed by atoms with Gasteiger partial charge in [0.15, 0.2) is 0 Å². The third-order valence-electron chi connectivity index (χ3n) is 2.65. The maximum absolute atomic E-state index is 10.8. The molecule has 2 rings (SSSR count). The Labute approximate surface area is 103 Å². The smallest absolute Gasteiger partial charge is 0.360 e. The summed E-state index contributed by atoms with van der Waals surface area (Å²) in [6.07, 6.45) is 3.29. The third kappa shape index (κ3) is 2.17. The van der Waals surface area contributed by atoms with E-state index in [9.17, 15) is 10.1 Å². The summed E-state index contributed by atoms with van der Waals surface area (Å²) in [6, 6.07) is 0. The van der Waals surface area contributed by atoms with Crippen molar-refractivity contribution in [3.63, 3.8) is 0 Å². The van der Waals surface area contributed by atoms with Crippen molar-refractivity contribution in [2.45, 2.75) is 13.5 Å². The van der Waals surface area contributed by atoms with Gasteiger partial charge in [-0.1, -0.05) is 0 Å². The van der Waals surface area contributed by atoms with Crippen LogP contribution in [0.25, 0.3) is 0 Å². The molecule has 2 aromatic heterocycles. The zero-order valence-electron chi connectivity index (χ0n) is 10.4. The number of rotatable bonds is 4. The Bertz CT molecular complexity index is 585. The van der Waals surface area contributed by atoms with Gasteiger partial charge in [-0.2, -0.15) is 5.10 Å². The van der Waals surface area contributed by atoms with E-state index >= 15 is 0 Å². The highest BCUT2D eigenvalue weighted by molar-refractivity contribution is 5.52. The van der Waals surface area contributed by atoms with E-state index < -0.39 is 4.92 Å². The molecular weight excluding hydrogens is 236 g/mol. The molecule has 96 valence electrons. The summed E-state index contributed by atoms with van der Waals surface area (Å²) in [6.45, 7) is 2.37. The molecule has 8 nitrogen and oxygen atoms in total. The number of hydrogen-bond donors (Lipinski definition) is 1. The minimum absolute atomic E-state index is 0.168. The summed E-state index contributed by atoms with van der Waals surface area (Å²) in [5.41, 5.74) is 1.89. The Morgan fingerprint density at radius 2 is 2.22 bits per heavy atom. The molecule has 0 amide bonds. The summed E-state index contributed by atoms with van der Waals surface area (Å²) in [7, 11) is 3.54. The van der Waals surface area contributed by atoms with Gasteiger partial charge in [0.25, 0.3) is 0 Å². The summed E-state index contributed by atoms with van der Waals surface area (Å²) < 4.78 is 3.30. The number of hydrogen-bond acceptors (Lipinski definition) is 5. The first-order chi connectivity index (χ1) is 8.49. The first-order valence-corrected chi connectivity index (χ1v) is 5.37. The van der Waals surface area contributed by atoms with E-state index in [-0.39, 0.29) is 5.82 Å². The molecule has 0 aliphatic rings. The van der Waals surface area contributed by atoms with Crippen LogP contribution in [0.3, 0.4) is 0 Å². The molecule has 2 heterocycles. The number of anilines is 1. The molecule has 0 atom stereocenters. The lowest BCUT2D eigenvalue weighted by Crippen LogP contribution is -2.06. The third-order valence-corrected chi connectivity index (χ3v) is 2.65. The standard InChI is InChI=1S/C10H14N6O2/c1-7-8(5-15(3)13-7)4-11-9-10(16(17)18)12-6-14(9)2/h5-6,11H,4H2,1-3H3. The predicted molar refractivity (Wildman–Crippen MR) is 65.1 cm³/mol. The Morgan fingerprint density at radius 1 is 1.50 bits per heavy atom. The molecule has 1 N–H and O–H groups in total. The summed E-state index contributed by atoms with van der Waals surface area (Å²) >= 11 is 0. The lowest BCUT2D eigenvalue weighted by Gasteiger charge is -2.05. The molecule has 0 aliphatic heterocycles. The number of aryl methyl sites for hydroxylation is 3. The molecular formula is C10H14N6O2. The van der Waals surface area contributed by atoms with E-state index in [1.54, 1.807) is 16.3 Å². The molecule has 0 radical (unpaired) electrons. The van der Waals surface area contributed by atoms with Crippen molar-refractivity contribution in [2.75, 3.05) is 5.32 Å². The second kappa shape index (κ2) is 4.47. The van der Waals surface area contributed by atoms with Crippen molar-refractivity contribution in [1.82, 2.24) is 19.3 Å². The maximum atomic E-state index is 10.8. The zero-order valence-corrected chi connectivity index (χ0v) is 10.4. The molecule has 2 aromatic rings. The molecule has 0 unspecified atom stereocenters. The van der Waals surface area contributed by atoms with Crippen LogP contribution >= 0.6 is 0 Å². The number of nitrogens with one attached hydrogen (secondary N) is 1. The first-order valence-electron chi connectivity index (χ1n) is 5.37. The first kappa shape index (κ1) is 12.1. The summed E-state index contributed by atoms with van der Waals surface area (Å²) in [5, 5.41) is 18.0. The van der Waals surface area contributed by atoms with Crippen LogP contribution in [0.5, 0.6) is 0 Å². The quantitative estimate of drug-likeness (QED) is 0.645. The van der Waals surface area contributed by atoms with Crippen LogP contribution in [0.2, 0.25) is 0 Å². The Kier molecular flexibility index (Phi) is 3.00. The normalized spacial score (nSPS) is 10.6. The number of nitrogens with zero attached hydrogens (tertiary/aromatic N) is 5. The maximum Gasteiger partial charge on any atom is 0.406 e. The van der Waals surface area contributed by atoms with E-state index in [2.05, 4.69) is 15.4 Å². The molecule has 0 saturated carbocycles. The predicted octanol–water partition coefficient (Wildman–Crippen LogP) is 0.982. The summed E-state index contributed by atoms with van der Waals surface area (Å²) in [5.74, 6) is 0.224. The van der Waals surface area contributed by atoms with Gasteiger partial charge in [-0.15, -0.1) is 0 Å². The molecule has 8 heteroatoms. The van der Waals surface area contributed by atoms with Gasteiger partial charge in [-0.3, -0.25) is 9.25 Å². The SMILES string of the molecule is Cc1nn(C)cc1CNc1c([N+](=O)[O-])ncn1C. The molecule has 0 aromatic carbocycles. The van der Waals surface area contributed by atoms with Crippen LogP contribution in [-0.2, 0) is 20.6 Å². The average molecular weight is 250 g/mol. The zero-order chi connectivity index (χ0) is 13.3. The van der Waals surface area contributed by atoms with E-state index in [1.165, 1.54) is 6.33 Å². The van der Waals surface area contributed by atoms with Crippen LogP contribution in [0.1, 0.15) is 11.3 Å². The van der Waals surface area contributed by atoms with Gasteiger partial charge in [0.1, 0.15) is 0 Å². The Hall–Kier alpha value is -2.38. The van der Waals surface area contributed by atoms with Crippen LogP contribution in [0.15, 0.2) is 12.5 Å². The highest BCUT2D eigenvalue weighted by Crippen LogP contribution is 2.21. The second-order valence-electron chi connectivity index (χ2n) is 4.05. The number of aromatic nitrogens is 4. The number of imidazole rings is 1. The molecule has 18 heavy (non-hydrogen) atoms. The van der Waals surface area contributed by atoms with Crippen LogP contribution in [0.4, 0.5) is 11.6 Å². The van der Waals surface area contributed by atoms with Crippen molar-refractivity contribution in [3.8, 4) is 0 Å². The van der Waals surface area contributed by atoms with Gasteiger partial charge in [-0.25, -0.2) is 0 Å². The summed E-state index contributed by atoms with van der Waals surface area (Å²) in [4.78, 5) is 14.0. The monoisotopic (exact) mass is 250 g/mol. The van der Waals surface area contributed by atoms with Gasteiger partial charge in [-0.05, 0) is 16.8 Å². The Morgan fingerprint density at radius 3 is 2.78 bits per heavy atom. The van der Waals surface area contributed by atoms with Gasteiger partial charge in [0, 0.05) is 32.4 Å². The second-order valence-corrected chi connectivity index (χ2v) is 4.05. The highest BCUT2D eigenvalue weighted by Gasteiger charge is 2.19. The topological polar surface area (TPSA) is 90.8 Å². The van der Waals surface area contributed by atoms with E-state index in [0.717, 1.165) is 11.3 Å². The van der Waals surface area contributed by atoms with E-state index in [1.807, 2.05) is 20.2 Å². The van der Waals surface area contributed by atoms with Crippen LogP contribution in [-0.4, -0.2) is 24.3 Å². The van der Waals surface area contributed by atoms with Crippen LogP contribution in [0, 0.1) is 17.0 Å². The van der Waals surface area contributed by atoms with Gasteiger partial charge < -0.3 is 15.4 Å². The molecule has 0 fully saturated rings. The van der Waals surface area contributed by atoms with Crippen molar-refractivity contribution in [1.29, 1.82) is 0 Å². The fourth-order valence-corrected chi connectivity index (χ4v) is 1.76. The minimum atomic E-state index is -0.502.